The molecule has 3 rings (SSSR count). The Morgan fingerprint density at radius 2 is 1.21 bits per heavy atom. The topological polar surface area (TPSA) is 25.3 Å². The van der Waals surface area contributed by atoms with Crippen LogP contribution >= 0.6 is 0 Å². The van der Waals surface area contributed by atoms with E-state index >= 15 is 0 Å². The highest BCUT2D eigenvalue weighted by atomic mass is 15.2. The van der Waals surface area contributed by atoms with Gasteiger partial charge in [0.1, 0.15) is 0 Å². The van der Waals surface area contributed by atoms with Crippen LogP contribution in [0.15, 0.2) is 60.2 Å². The lowest BCUT2D eigenvalue weighted by Crippen LogP contribution is -2.03. The zero-order valence-corrected chi connectivity index (χ0v) is 21.1. The fourth-order valence-electron chi connectivity index (χ4n) is 4.72. The maximum absolute atomic E-state index is 11.4. The second-order valence-corrected chi connectivity index (χ2v) is 9.49. The number of allylic oxidation sites excluding steroid dienone is 2. The first-order valence-corrected chi connectivity index (χ1v) is 13.3. The summed E-state index contributed by atoms with van der Waals surface area (Å²) in [6.07, 6.45) is 16.5. The van der Waals surface area contributed by atoms with Gasteiger partial charge in [0, 0.05) is 22.8 Å². The van der Waals surface area contributed by atoms with E-state index in [1.54, 1.807) is 0 Å². The first-order chi connectivity index (χ1) is 16.2. The number of hydrogen-bond acceptors (Lipinski definition) is 0. The fraction of sp³-hybridized carbons (Fsp3) is 0.484. The molecule has 2 aromatic carbocycles. The Hall–Kier alpha value is -2.48. The van der Waals surface area contributed by atoms with Gasteiger partial charge in [-0.15, -0.1) is 0 Å². The molecule has 0 aromatic heterocycles. The molecule has 0 saturated heterocycles. The average Bonchev–Trinajstić information content (AvgIpc) is 3.17. The van der Waals surface area contributed by atoms with Crippen molar-refractivity contribution in [3.8, 4) is 0 Å². The smallest absolute Gasteiger partial charge is 0.210 e. The van der Waals surface area contributed by atoms with Crippen molar-refractivity contribution in [2.45, 2.75) is 97.8 Å². The summed E-state index contributed by atoms with van der Waals surface area (Å²) in [5.74, 6) is 0. The molecule has 1 aliphatic heterocycles. The van der Waals surface area contributed by atoms with E-state index < -0.39 is 0 Å². The van der Waals surface area contributed by atoms with E-state index in [9.17, 15) is 5.53 Å². The first kappa shape index (κ1) is 25.1. The summed E-state index contributed by atoms with van der Waals surface area (Å²) < 4.78 is 1.45. The number of benzene rings is 2. The summed E-state index contributed by atoms with van der Waals surface area (Å²) in [7, 11) is 0. The third-order valence-electron chi connectivity index (χ3n) is 6.67. The van der Waals surface area contributed by atoms with Crippen molar-refractivity contribution in [2.24, 2.45) is 0 Å². The van der Waals surface area contributed by atoms with Crippen LogP contribution in [0.3, 0.4) is 0 Å². The van der Waals surface area contributed by atoms with Gasteiger partial charge in [0.2, 0.25) is 11.4 Å². The fourth-order valence-corrected chi connectivity index (χ4v) is 4.72. The molecule has 0 aliphatic carbocycles. The third kappa shape index (κ3) is 7.00. The molecule has 33 heavy (non-hydrogen) atoms. The summed E-state index contributed by atoms with van der Waals surface area (Å²) >= 11 is 0. The largest absolute Gasteiger partial charge is 0.493 e. The van der Waals surface area contributed by atoms with Crippen LogP contribution in [0.2, 0.25) is 0 Å². The van der Waals surface area contributed by atoms with Crippen molar-refractivity contribution in [3.63, 3.8) is 0 Å². The van der Waals surface area contributed by atoms with E-state index in [2.05, 4.69) is 75.4 Å². The molecule has 0 N–H and O–H groups in total. The van der Waals surface area contributed by atoms with E-state index in [4.69, 9.17) is 0 Å². The van der Waals surface area contributed by atoms with Crippen LogP contribution in [0.5, 0.6) is 0 Å². The minimum absolute atomic E-state index is 0.905. The summed E-state index contributed by atoms with van der Waals surface area (Å²) in [6, 6.07) is 17.5. The molecule has 0 radical (unpaired) electrons. The molecule has 0 bridgehead atoms. The first-order valence-electron chi connectivity index (χ1n) is 13.3. The Labute approximate surface area is 201 Å². The molecule has 0 unspecified atom stereocenters. The molecule has 0 saturated carbocycles. The van der Waals surface area contributed by atoms with E-state index in [0.717, 1.165) is 54.6 Å². The van der Waals surface area contributed by atoms with Gasteiger partial charge in [-0.3, -0.25) is 0 Å². The van der Waals surface area contributed by atoms with Gasteiger partial charge in [-0.1, -0.05) is 83.6 Å². The molecule has 0 atom stereocenters. The number of nitrogens with zero attached hydrogens (tertiary/aromatic N) is 2. The molecule has 0 fully saturated rings. The lowest BCUT2D eigenvalue weighted by atomic mass is 9.99. The number of hydrogen-bond donors (Lipinski definition) is 0. The molecule has 0 amide bonds. The Morgan fingerprint density at radius 3 is 1.88 bits per heavy atom. The van der Waals surface area contributed by atoms with Gasteiger partial charge in [0.15, 0.2) is 0 Å². The molecule has 0 spiro atoms. The Bertz CT molecular complexity index is 980. The second-order valence-electron chi connectivity index (χ2n) is 9.49. The zero-order chi connectivity index (χ0) is 23.5. The van der Waals surface area contributed by atoms with E-state index in [1.807, 2.05) is 0 Å². The van der Waals surface area contributed by atoms with Crippen LogP contribution in [0, 0.1) is 0 Å². The molecular formula is C31H42N2. The molecule has 1 heterocycles. The SMILES string of the molecule is CCCCCCc1cccc(C2=CC(CCCC)=C(c3cccc(CCCCC)c3)[N+]2=[N-])c1. The zero-order valence-electron chi connectivity index (χ0n) is 21.1. The quantitative estimate of drug-likeness (QED) is 0.205. The minimum Gasteiger partial charge on any atom is -0.493 e. The highest BCUT2D eigenvalue weighted by Crippen LogP contribution is 2.37. The highest BCUT2D eigenvalue weighted by Gasteiger charge is 2.28. The Balaban J connectivity index is 1.84. The predicted molar refractivity (Wildman–Crippen MR) is 142 cm³/mol. The molecule has 2 nitrogen and oxygen atoms in total. The predicted octanol–water partition coefficient (Wildman–Crippen LogP) is 9.53. The molecule has 2 aromatic rings. The standard InChI is InChI=1S/C31H42N2/c1-4-7-10-12-16-25-17-13-20-27(22-25)30-24-29(19-9-6-3)31(33(30)32)28-21-14-18-26(23-28)15-11-8-5-2/h13-14,17-18,20-24H,4-12,15-16,19H2,1-3H3. The summed E-state index contributed by atoms with van der Waals surface area (Å²) in [5.41, 5.74) is 19.4. The summed E-state index contributed by atoms with van der Waals surface area (Å²) in [6.45, 7) is 6.73. The highest BCUT2D eigenvalue weighted by molar-refractivity contribution is 5.78. The Morgan fingerprint density at radius 1 is 0.636 bits per heavy atom. The van der Waals surface area contributed by atoms with Crippen LogP contribution in [0.25, 0.3) is 16.9 Å². The molecular weight excluding hydrogens is 400 g/mol. The number of unbranched alkanes of at least 4 members (excludes halogenated alkanes) is 6. The van der Waals surface area contributed by atoms with Gasteiger partial charge in [0.05, 0.1) is 0 Å². The maximum Gasteiger partial charge on any atom is 0.210 e. The van der Waals surface area contributed by atoms with Gasteiger partial charge in [-0.25, -0.2) is 4.70 Å². The minimum atomic E-state index is 0.905. The van der Waals surface area contributed by atoms with Crippen molar-refractivity contribution in [1.82, 2.24) is 0 Å². The Kier molecular flexibility index (Phi) is 10.1. The van der Waals surface area contributed by atoms with E-state index in [0.29, 0.717) is 0 Å². The van der Waals surface area contributed by atoms with Gasteiger partial charge in [0.25, 0.3) is 0 Å². The van der Waals surface area contributed by atoms with Crippen LogP contribution in [0.1, 0.15) is 107 Å². The average molecular weight is 443 g/mol. The second kappa shape index (κ2) is 13.3. The van der Waals surface area contributed by atoms with Gasteiger partial charge in [-0.2, -0.15) is 0 Å². The molecule has 176 valence electrons. The van der Waals surface area contributed by atoms with Crippen LogP contribution in [0.4, 0.5) is 0 Å². The number of rotatable bonds is 14. The van der Waals surface area contributed by atoms with E-state index in [1.165, 1.54) is 66.3 Å². The third-order valence-corrected chi connectivity index (χ3v) is 6.67. The van der Waals surface area contributed by atoms with Crippen molar-refractivity contribution >= 4 is 11.4 Å². The van der Waals surface area contributed by atoms with Crippen LogP contribution in [-0.2, 0) is 12.8 Å². The summed E-state index contributed by atoms with van der Waals surface area (Å²) in [4.78, 5) is 0. The number of aryl methyl sites for hydroxylation is 2. The summed E-state index contributed by atoms with van der Waals surface area (Å²) in [5, 5.41) is 0. The van der Waals surface area contributed by atoms with Gasteiger partial charge in [-0.05, 0) is 73.9 Å². The van der Waals surface area contributed by atoms with Crippen LogP contribution < -0.4 is 0 Å². The lowest BCUT2D eigenvalue weighted by molar-refractivity contribution is -0.344. The van der Waals surface area contributed by atoms with Gasteiger partial charge >= 0.3 is 0 Å². The molecule has 1 aliphatic rings. The van der Waals surface area contributed by atoms with Gasteiger partial charge < -0.3 is 5.53 Å². The maximum atomic E-state index is 11.4. The van der Waals surface area contributed by atoms with Crippen molar-refractivity contribution < 1.29 is 4.70 Å². The normalized spacial score (nSPS) is 13.7. The van der Waals surface area contributed by atoms with Crippen molar-refractivity contribution in [1.29, 1.82) is 0 Å². The monoisotopic (exact) mass is 442 g/mol. The van der Waals surface area contributed by atoms with Crippen molar-refractivity contribution in [3.05, 3.63) is 88.0 Å². The molecule has 2 heteroatoms. The van der Waals surface area contributed by atoms with Crippen LogP contribution in [-0.4, -0.2) is 4.70 Å². The van der Waals surface area contributed by atoms with Crippen molar-refractivity contribution in [2.75, 3.05) is 0 Å². The lowest BCUT2D eigenvalue weighted by Gasteiger charge is -2.11. The van der Waals surface area contributed by atoms with E-state index in [-0.39, 0.29) is 0 Å².